The summed E-state index contributed by atoms with van der Waals surface area (Å²) in [4.78, 5) is 31.9. The van der Waals surface area contributed by atoms with Crippen molar-refractivity contribution in [1.29, 1.82) is 0 Å². The summed E-state index contributed by atoms with van der Waals surface area (Å²) in [5, 5.41) is 2.98. The zero-order valence-electron chi connectivity index (χ0n) is 20.2. The number of fused-ring (bicyclic) bond motifs is 1. The summed E-state index contributed by atoms with van der Waals surface area (Å²) in [7, 11) is 0. The quantitative estimate of drug-likeness (QED) is 0.483. The lowest BCUT2D eigenvalue weighted by Crippen LogP contribution is -2.53. The molecular weight excluding hydrogens is 454 g/mol. The van der Waals surface area contributed by atoms with Gasteiger partial charge in [-0.2, -0.15) is 0 Å². The smallest absolute Gasteiger partial charge is 0.262 e. The molecule has 1 unspecified atom stereocenters. The SMILES string of the molecule is Cc1ccc(C=C2Sc3ccc(C(=O)N4CCN(c5cccc(C)c5)C(C)C4)cc3NC2=O)cc1. The van der Waals surface area contributed by atoms with Crippen molar-refractivity contribution in [3.05, 3.63) is 93.9 Å². The minimum atomic E-state index is -0.145. The summed E-state index contributed by atoms with van der Waals surface area (Å²) in [5.74, 6) is -0.142. The highest BCUT2D eigenvalue weighted by molar-refractivity contribution is 8.04. The summed E-state index contributed by atoms with van der Waals surface area (Å²) in [6.45, 7) is 8.42. The average molecular weight is 484 g/mol. The third kappa shape index (κ3) is 4.98. The highest BCUT2D eigenvalue weighted by Crippen LogP contribution is 2.39. The van der Waals surface area contributed by atoms with Crippen LogP contribution in [0.5, 0.6) is 0 Å². The van der Waals surface area contributed by atoms with Crippen molar-refractivity contribution in [2.24, 2.45) is 0 Å². The van der Waals surface area contributed by atoms with Crippen LogP contribution >= 0.6 is 11.8 Å². The molecule has 2 heterocycles. The Kier molecular flexibility index (Phi) is 6.39. The molecule has 1 saturated heterocycles. The number of nitrogens with one attached hydrogen (secondary N) is 1. The normalized spacial score (nSPS) is 18.9. The fourth-order valence-corrected chi connectivity index (χ4v) is 5.55. The zero-order chi connectivity index (χ0) is 24.5. The summed E-state index contributed by atoms with van der Waals surface area (Å²) in [6, 6.07) is 22.4. The highest BCUT2D eigenvalue weighted by Gasteiger charge is 2.29. The minimum absolute atomic E-state index is 0.00351. The molecule has 0 aromatic heterocycles. The first-order valence-electron chi connectivity index (χ1n) is 11.9. The van der Waals surface area contributed by atoms with Crippen LogP contribution in [-0.4, -0.2) is 42.4 Å². The van der Waals surface area contributed by atoms with Gasteiger partial charge in [0.25, 0.3) is 11.8 Å². The van der Waals surface area contributed by atoms with Crippen LogP contribution in [0.15, 0.2) is 76.5 Å². The fourth-order valence-electron chi connectivity index (χ4n) is 4.62. The number of anilines is 2. The number of hydrogen-bond donors (Lipinski definition) is 1. The number of amides is 2. The van der Waals surface area contributed by atoms with Gasteiger partial charge in [0.05, 0.1) is 10.6 Å². The van der Waals surface area contributed by atoms with Gasteiger partial charge in [0.2, 0.25) is 0 Å². The van der Waals surface area contributed by atoms with Crippen LogP contribution in [0.25, 0.3) is 6.08 Å². The second-order valence-corrected chi connectivity index (χ2v) is 10.4. The Morgan fingerprint density at radius 1 is 1.00 bits per heavy atom. The van der Waals surface area contributed by atoms with Crippen molar-refractivity contribution in [3.63, 3.8) is 0 Å². The summed E-state index contributed by atoms with van der Waals surface area (Å²) in [5.41, 5.74) is 5.90. The Bertz CT molecular complexity index is 1320. The third-order valence-corrected chi connectivity index (χ3v) is 7.64. The molecule has 6 heteroatoms. The molecule has 5 nitrogen and oxygen atoms in total. The summed E-state index contributed by atoms with van der Waals surface area (Å²) < 4.78 is 0. The van der Waals surface area contributed by atoms with E-state index in [0.717, 1.165) is 17.0 Å². The van der Waals surface area contributed by atoms with Crippen molar-refractivity contribution in [2.45, 2.75) is 31.7 Å². The topological polar surface area (TPSA) is 52.7 Å². The van der Waals surface area contributed by atoms with Gasteiger partial charge in [0, 0.05) is 41.8 Å². The van der Waals surface area contributed by atoms with E-state index >= 15 is 0 Å². The zero-order valence-corrected chi connectivity index (χ0v) is 21.1. The number of aryl methyl sites for hydroxylation is 2. The average Bonchev–Trinajstić information content (AvgIpc) is 2.85. The van der Waals surface area contributed by atoms with Gasteiger partial charge in [-0.1, -0.05) is 53.7 Å². The van der Waals surface area contributed by atoms with E-state index in [-0.39, 0.29) is 17.9 Å². The molecule has 2 aliphatic rings. The highest BCUT2D eigenvalue weighted by atomic mass is 32.2. The van der Waals surface area contributed by atoms with E-state index in [1.54, 1.807) is 0 Å². The van der Waals surface area contributed by atoms with Gasteiger partial charge in [-0.25, -0.2) is 0 Å². The maximum atomic E-state index is 13.3. The molecule has 1 N–H and O–H groups in total. The van der Waals surface area contributed by atoms with Crippen LogP contribution in [-0.2, 0) is 4.79 Å². The number of thioether (sulfide) groups is 1. The molecule has 5 rings (SSSR count). The van der Waals surface area contributed by atoms with Gasteiger partial charge in [0.15, 0.2) is 0 Å². The van der Waals surface area contributed by atoms with E-state index in [9.17, 15) is 9.59 Å². The van der Waals surface area contributed by atoms with Crippen molar-refractivity contribution < 1.29 is 9.59 Å². The van der Waals surface area contributed by atoms with E-state index in [1.165, 1.54) is 28.6 Å². The first kappa shape index (κ1) is 23.2. The Morgan fingerprint density at radius 2 is 1.80 bits per heavy atom. The van der Waals surface area contributed by atoms with Crippen LogP contribution in [0.3, 0.4) is 0 Å². The molecule has 2 amide bonds. The van der Waals surface area contributed by atoms with Gasteiger partial charge in [0.1, 0.15) is 0 Å². The number of nitrogens with zero attached hydrogens (tertiary/aromatic N) is 2. The van der Waals surface area contributed by atoms with Gasteiger partial charge < -0.3 is 15.1 Å². The van der Waals surface area contributed by atoms with Crippen LogP contribution < -0.4 is 10.2 Å². The lowest BCUT2D eigenvalue weighted by atomic mass is 10.1. The van der Waals surface area contributed by atoms with Gasteiger partial charge in [-0.05, 0) is 68.3 Å². The number of piperazine rings is 1. The van der Waals surface area contributed by atoms with Crippen molar-refractivity contribution >= 4 is 41.0 Å². The Balaban J connectivity index is 1.29. The number of carbonyl (C=O) groups is 2. The number of benzene rings is 3. The van der Waals surface area contributed by atoms with Crippen molar-refractivity contribution in [3.8, 4) is 0 Å². The van der Waals surface area contributed by atoms with Crippen molar-refractivity contribution in [2.75, 3.05) is 29.9 Å². The largest absolute Gasteiger partial charge is 0.365 e. The maximum Gasteiger partial charge on any atom is 0.262 e. The Morgan fingerprint density at radius 3 is 2.54 bits per heavy atom. The molecule has 0 bridgehead atoms. The van der Waals surface area contributed by atoms with E-state index in [4.69, 9.17) is 0 Å². The van der Waals surface area contributed by atoms with Crippen LogP contribution in [0.4, 0.5) is 11.4 Å². The number of carbonyl (C=O) groups excluding carboxylic acids is 2. The first-order valence-corrected chi connectivity index (χ1v) is 12.7. The number of hydrogen-bond acceptors (Lipinski definition) is 4. The second-order valence-electron chi connectivity index (χ2n) is 9.32. The molecule has 1 atom stereocenters. The predicted octanol–water partition coefficient (Wildman–Crippen LogP) is 5.74. The maximum absolute atomic E-state index is 13.3. The lowest BCUT2D eigenvalue weighted by molar-refractivity contribution is -0.112. The molecule has 35 heavy (non-hydrogen) atoms. The van der Waals surface area contributed by atoms with E-state index < -0.39 is 0 Å². The molecule has 3 aromatic rings. The summed E-state index contributed by atoms with van der Waals surface area (Å²) >= 11 is 1.44. The van der Waals surface area contributed by atoms with Crippen LogP contribution in [0.1, 0.15) is 34.0 Å². The molecule has 0 radical (unpaired) electrons. The van der Waals surface area contributed by atoms with Crippen molar-refractivity contribution in [1.82, 2.24) is 4.90 Å². The third-order valence-electron chi connectivity index (χ3n) is 6.54. The standard InChI is InChI=1S/C29H29N3O2S/c1-19-7-9-22(10-8-19)16-27-28(33)30-25-17-23(11-12-26(25)35-27)29(34)31-13-14-32(21(3)18-31)24-6-4-5-20(2)15-24/h4-12,15-17,21H,13-14,18H2,1-3H3,(H,30,33). The molecule has 3 aromatic carbocycles. The second kappa shape index (κ2) is 9.62. The van der Waals surface area contributed by atoms with E-state index in [1.807, 2.05) is 60.4 Å². The van der Waals surface area contributed by atoms with E-state index in [2.05, 4.69) is 48.3 Å². The lowest BCUT2D eigenvalue weighted by Gasteiger charge is -2.41. The Hall–Kier alpha value is -3.51. The summed E-state index contributed by atoms with van der Waals surface area (Å²) in [6.07, 6.45) is 1.90. The fraction of sp³-hybridized carbons (Fsp3) is 0.241. The Labute approximate surface area is 210 Å². The van der Waals surface area contributed by atoms with E-state index in [0.29, 0.717) is 29.2 Å². The van der Waals surface area contributed by atoms with Gasteiger partial charge >= 0.3 is 0 Å². The molecule has 0 spiro atoms. The van der Waals surface area contributed by atoms with Crippen LogP contribution in [0.2, 0.25) is 0 Å². The predicted molar refractivity (Wildman–Crippen MR) is 144 cm³/mol. The molecule has 0 saturated carbocycles. The van der Waals surface area contributed by atoms with Gasteiger partial charge in [-0.15, -0.1) is 0 Å². The molecule has 0 aliphatic carbocycles. The molecule has 1 fully saturated rings. The monoisotopic (exact) mass is 483 g/mol. The van der Waals surface area contributed by atoms with Gasteiger partial charge in [-0.3, -0.25) is 9.59 Å². The molecular formula is C29H29N3O2S. The molecule has 2 aliphatic heterocycles. The van der Waals surface area contributed by atoms with Crippen LogP contribution in [0, 0.1) is 13.8 Å². The first-order chi connectivity index (χ1) is 16.9. The minimum Gasteiger partial charge on any atom is -0.365 e. The molecule has 178 valence electrons. The number of rotatable bonds is 3.